The van der Waals surface area contributed by atoms with Gasteiger partial charge in [0.1, 0.15) is 4.21 Å². The van der Waals surface area contributed by atoms with Crippen LogP contribution in [0.1, 0.15) is 30.2 Å². The lowest BCUT2D eigenvalue weighted by atomic mass is 10.0. The van der Waals surface area contributed by atoms with Gasteiger partial charge in [0.2, 0.25) is 5.91 Å². The Morgan fingerprint density at radius 3 is 2.30 bits per heavy atom. The van der Waals surface area contributed by atoms with Crippen LogP contribution in [0.5, 0.6) is 0 Å². The van der Waals surface area contributed by atoms with Crippen molar-refractivity contribution in [3.63, 3.8) is 0 Å². The molecule has 5 nitrogen and oxygen atoms in total. The van der Waals surface area contributed by atoms with E-state index in [0.29, 0.717) is 11.6 Å². The summed E-state index contributed by atoms with van der Waals surface area (Å²) < 4.78 is 26.6. The van der Waals surface area contributed by atoms with Gasteiger partial charge in [-0.15, -0.1) is 11.3 Å². The minimum atomic E-state index is -3.64. The summed E-state index contributed by atoms with van der Waals surface area (Å²) in [7, 11) is -3.64. The van der Waals surface area contributed by atoms with Crippen molar-refractivity contribution in [2.75, 3.05) is 11.9 Å². The van der Waals surface area contributed by atoms with E-state index in [1.54, 1.807) is 6.07 Å². The zero-order valence-corrected chi connectivity index (χ0v) is 14.9. The molecule has 2 N–H and O–H groups in total. The summed E-state index contributed by atoms with van der Waals surface area (Å²) in [6.45, 7) is 5.71. The Morgan fingerprint density at radius 2 is 1.78 bits per heavy atom. The highest BCUT2D eigenvalue weighted by Crippen LogP contribution is 2.20. The number of thiophene rings is 1. The number of carbonyl (C=O) groups is 1. The number of carbonyl (C=O) groups excluding carboxylic acids is 1. The van der Waals surface area contributed by atoms with E-state index in [1.165, 1.54) is 23.0 Å². The van der Waals surface area contributed by atoms with Crippen molar-refractivity contribution in [1.29, 1.82) is 0 Å². The molecule has 0 aliphatic carbocycles. The van der Waals surface area contributed by atoms with Gasteiger partial charge in [0.15, 0.2) is 0 Å². The molecule has 0 spiro atoms. The van der Waals surface area contributed by atoms with Crippen LogP contribution in [-0.2, 0) is 14.8 Å². The van der Waals surface area contributed by atoms with Gasteiger partial charge in [0.05, 0.1) is 6.54 Å². The van der Waals surface area contributed by atoms with Crippen molar-refractivity contribution in [1.82, 2.24) is 4.72 Å². The normalized spacial score (nSPS) is 11.7. The monoisotopic (exact) mass is 352 g/mol. The second-order valence-electron chi connectivity index (χ2n) is 5.51. The van der Waals surface area contributed by atoms with Gasteiger partial charge in [-0.2, -0.15) is 0 Å². The van der Waals surface area contributed by atoms with E-state index in [4.69, 9.17) is 0 Å². The van der Waals surface area contributed by atoms with E-state index in [0.717, 1.165) is 4.88 Å². The quantitative estimate of drug-likeness (QED) is 0.839. The fraction of sp³-hybridized carbons (Fsp3) is 0.312. The number of sulfonamides is 1. The number of benzene rings is 1. The van der Waals surface area contributed by atoms with Gasteiger partial charge < -0.3 is 5.32 Å². The Kier molecular flexibility index (Phi) is 5.56. The molecule has 0 atom stereocenters. The summed E-state index contributed by atoms with van der Waals surface area (Å²) in [6, 6.07) is 10.8. The lowest BCUT2D eigenvalue weighted by molar-refractivity contribution is -0.115. The van der Waals surface area contributed by atoms with Crippen LogP contribution < -0.4 is 10.0 Å². The molecule has 0 unspecified atom stereocenters. The molecule has 124 valence electrons. The van der Waals surface area contributed by atoms with Crippen LogP contribution in [0.3, 0.4) is 0 Å². The highest BCUT2D eigenvalue weighted by atomic mass is 32.2. The molecule has 1 aromatic heterocycles. The van der Waals surface area contributed by atoms with Gasteiger partial charge in [0.25, 0.3) is 10.0 Å². The molecule has 0 bridgehead atoms. The largest absolute Gasteiger partial charge is 0.325 e. The second kappa shape index (κ2) is 7.25. The topological polar surface area (TPSA) is 75.3 Å². The second-order valence-corrected chi connectivity index (χ2v) is 8.80. The number of hydrogen-bond donors (Lipinski definition) is 2. The average Bonchev–Trinajstić information content (AvgIpc) is 2.93. The zero-order valence-electron chi connectivity index (χ0n) is 13.3. The van der Waals surface area contributed by atoms with Crippen LogP contribution in [-0.4, -0.2) is 20.9 Å². The van der Waals surface area contributed by atoms with Crippen molar-refractivity contribution in [2.45, 2.75) is 30.9 Å². The summed E-state index contributed by atoms with van der Waals surface area (Å²) in [5.41, 5.74) is 1.82. The van der Waals surface area contributed by atoms with Crippen LogP contribution in [0, 0.1) is 6.92 Å². The molecule has 1 aromatic carbocycles. The Morgan fingerprint density at radius 1 is 1.13 bits per heavy atom. The molecular formula is C16H20N2O3S2. The van der Waals surface area contributed by atoms with Gasteiger partial charge in [-0.25, -0.2) is 13.1 Å². The highest BCUT2D eigenvalue weighted by Gasteiger charge is 2.17. The molecule has 0 saturated carbocycles. The molecule has 7 heteroatoms. The zero-order chi connectivity index (χ0) is 17.0. The lowest BCUT2D eigenvalue weighted by Crippen LogP contribution is -2.32. The van der Waals surface area contributed by atoms with Crippen molar-refractivity contribution in [3.8, 4) is 0 Å². The first-order valence-electron chi connectivity index (χ1n) is 7.24. The number of rotatable bonds is 6. The maximum atomic E-state index is 12.0. The molecule has 0 fully saturated rings. The van der Waals surface area contributed by atoms with E-state index >= 15 is 0 Å². The number of aryl methyl sites for hydroxylation is 1. The molecule has 2 aromatic rings. The van der Waals surface area contributed by atoms with Crippen LogP contribution in [0.4, 0.5) is 5.69 Å². The number of amides is 1. The fourth-order valence-corrected chi connectivity index (χ4v) is 4.25. The van der Waals surface area contributed by atoms with Crippen molar-refractivity contribution >= 4 is 33.0 Å². The molecular weight excluding hydrogens is 332 g/mol. The first-order chi connectivity index (χ1) is 10.8. The molecule has 1 amide bonds. The third-order valence-corrected chi connectivity index (χ3v) is 6.16. The molecule has 0 aliphatic rings. The Balaban J connectivity index is 1.92. The van der Waals surface area contributed by atoms with Crippen LogP contribution in [0.15, 0.2) is 40.6 Å². The summed E-state index contributed by atoms with van der Waals surface area (Å²) >= 11 is 1.17. The third kappa shape index (κ3) is 4.89. The van der Waals surface area contributed by atoms with Gasteiger partial charge in [-0.05, 0) is 42.7 Å². The Hall–Kier alpha value is -1.70. The molecule has 0 aliphatic heterocycles. The summed E-state index contributed by atoms with van der Waals surface area (Å²) in [5, 5.41) is 2.67. The Bertz CT molecular complexity index is 778. The standard InChI is InChI=1S/C16H20N2O3S2/c1-11(2)13-5-7-14(8-6-13)18-15(19)10-17-23(20,21)16-9-4-12(3)22-16/h4-9,11,17H,10H2,1-3H3,(H,18,19). The SMILES string of the molecule is Cc1ccc(S(=O)(=O)NCC(=O)Nc2ccc(C(C)C)cc2)s1. The summed E-state index contributed by atoms with van der Waals surface area (Å²) in [6.07, 6.45) is 0. The molecule has 1 heterocycles. The van der Waals surface area contributed by atoms with E-state index in [9.17, 15) is 13.2 Å². The number of anilines is 1. The van der Waals surface area contributed by atoms with Gasteiger partial charge in [-0.1, -0.05) is 26.0 Å². The van der Waals surface area contributed by atoms with E-state index in [1.807, 2.05) is 31.2 Å². The maximum Gasteiger partial charge on any atom is 0.250 e. The highest BCUT2D eigenvalue weighted by molar-refractivity contribution is 7.91. The summed E-state index contributed by atoms with van der Waals surface area (Å²) in [5.74, 6) is 0.0139. The molecule has 23 heavy (non-hydrogen) atoms. The predicted octanol–water partition coefficient (Wildman–Crippen LogP) is 3.10. The lowest BCUT2D eigenvalue weighted by Gasteiger charge is -2.09. The average molecular weight is 352 g/mol. The number of hydrogen-bond acceptors (Lipinski definition) is 4. The third-order valence-electron chi connectivity index (χ3n) is 3.26. The van der Waals surface area contributed by atoms with E-state index in [2.05, 4.69) is 23.9 Å². The predicted molar refractivity (Wildman–Crippen MR) is 93.4 cm³/mol. The van der Waals surface area contributed by atoms with E-state index in [-0.39, 0.29) is 10.8 Å². The van der Waals surface area contributed by atoms with Crippen molar-refractivity contribution in [2.24, 2.45) is 0 Å². The minimum Gasteiger partial charge on any atom is -0.325 e. The van der Waals surface area contributed by atoms with Crippen LogP contribution in [0.25, 0.3) is 0 Å². The van der Waals surface area contributed by atoms with Crippen molar-refractivity contribution < 1.29 is 13.2 Å². The van der Waals surface area contributed by atoms with Crippen LogP contribution >= 0.6 is 11.3 Å². The van der Waals surface area contributed by atoms with Crippen molar-refractivity contribution in [3.05, 3.63) is 46.8 Å². The van der Waals surface area contributed by atoms with E-state index < -0.39 is 15.9 Å². The first-order valence-corrected chi connectivity index (χ1v) is 9.54. The molecule has 0 saturated heterocycles. The molecule has 0 radical (unpaired) electrons. The smallest absolute Gasteiger partial charge is 0.250 e. The Labute approximate surface area is 140 Å². The maximum absolute atomic E-state index is 12.0. The number of nitrogens with one attached hydrogen (secondary N) is 2. The first kappa shape index (κ1) is 17.7. The molecule has 2 rings (SSSR count). The van der Waals surface area contributed by atoms with Gasteiger partial charge in [0, 0.05) is 10.6 Å². The van der Waals surface area contributed by atoms with Gasteiger partial charge >= 0.3 is 0 Å². The fourth-order valence-electron chi connectivity index (χ4n) is 1.94. The minimum absolute atomic E-state index is 0.212. The summed E-state index contributed by atoms with van der Waals surface area (Å²) in [4.78, 5) is 12.8. The van der Waals surface area contributed by atoms with Crippen LogP contribution in [0.2, 0.25) is 0 Å². The van der Waals surface area contributed by atoms with Gasteiger partial charge in [-0.3, -0.25) is 4.79 Å².